The first-order valence-corrected chi connectivity index (χ1v) is 7.41. The minimum atomic E-state index is -0.200. The molecule has 5 heteroatoms. The zero-order valence-electron chi connectivity index (χ0n) is 11.2. The summed E-state index contributed by atoms with van der Waals surface area (Å²) in [4.78, 5) is 15.7. The smallest absolute Gasteiger partial charge is 0.305 e. The molecular formula is C15H15NO3S. The van der Waals surface area contributed by atoms with Gasteiger partial charge in [-0.25, -0.2) is 4.98 Å². The van der Waals surface area contributed by atoms with Crippen LogP contribution in [-0.2, 0) is 22.4 Å². The van der Waals surface area contributed by atoms with Crippen LogP contribution in [0, 0.1) is 0 Å². The zero-order chi connectivity index (χ0) is 13.9. The highest BCUT2D eigenvalue weighted by atomic mass is 32.1. The summed E-state index contributed by atoms with van der Waals surface area (Å²) in [5.74, 6) is 0.783. The highest BCUT2D eigenvalue weighted by Crippen LogP contribution is 2.31. The molecule has 4 nitrogen and oxygen atoms in total. The van der Waals surface area contributed by atoms with E-state index in [1.54, 1.807) is 11.3 Å². The summed E-state index contributed by atoms with van der Waals surface area (Å²) >= 11 is 1.60. The quantitative estimate of drug-likeness (QED) is 0.812. The molecule has 0 fully saturated rings. The Balaban J connectivity index is 1.74. The fraction of sp³-hybridized carbons (Fsp3) is 0.333. The maximum Gasteiger partial charge on any atom is 0.305 e. The molecule has 0 unspecified atom stereocenters. The van der Waals surface area contributed by atoms with Gasteiger partial charge in [0.2, 0.25) is 0 Å². The summed E-state index contributed by atoms with van der Waals surface area (Å²) in [5, 5.41) is 2.99. The zero-order valence-corrected chi connectivity index (χ0v) is 12.0. The van der Waals surface area contributed by atoms with Gasteiger partial charge < -0.3 is 9.47 Å². The van der Waals surface area contributed by atoms with Crippen molar-refractivity contribution in [3.05, 3.63) is 34.8 Å². The average molecular weight is 289 g/mol. The number of methoxy groups -OCH3 is 1. The molecule has 0 atom stereocenters. The van der Waals surface area contributed by atoms with Crippen LogP contribution >= 0.6 is 11.3 Å². The number of fused-ring (bicyclic) bond motifs is 1. The lowest BCUT2D eigenvalue weighted by Crippen LogP contribution is -2.01. The second-order valence-electron chi connectivity index (χ2n) is 4.64. The first-order valence-electron chi connectivity index (χ1n) is 6.53. The molecular weight excluding hydrogens is 274 g/mol. The van der Waals surface area contributed by atoms with Crippen molar-refractivity contribution in [2.75, 3.05) is 13.7 Å². The molecule has 0 N–H and O–H groups in total. The number of aryl methyl sites for hydroxylation is 1. The Labute approximate surface area is 121 Å². The summed E-state index contributed by atoms with van der Waals surface area (Å²) in [6.45, 7) is 0.765. The number of benzene rings is 1. The van der Waals surface area contributed by atoms with E-state index in [9.17, 15) is 4.79 Å². The average Bonchev–Trinajstić information content (AvgIpc) is 3.12. The second-order valence-corrected chi connectivity index (χ2v) is 5.50. The number of nitrogens with zero attached hydrogens (tertiary/aromatic N) is 1. The largest absolute Gasteiger partial charge is 0.493 e. The lowest BCUT2D eigenvalue weighted by molar-refractivity contribution is -0.140. The molecule has 2 aromatic rings. The lowest BCUT2D eigenvalue weighted by Gasteiger charge is -2.01. The predicted molar refractivity (Wildman–Crippen MR) is 77.1 cm³/mol. The first kappa shape index (κ1) is 13.1. The Hall–Kier alpha value is -1.88. The maximum absolute atomic E-state index is 11.1. The van der Waals surface area contributed by atoms with Crippen LogP contribution in [0.2, 0.25) is 0 Å². The standard InChI is InChI=1S/C15H15NO3S/c1-18-14(17)5-3-12-9-20-15(16-12)11-2-4-13-10(8-11)6-7-19-13/h2,4,8-9H,3,5-7H2,1H3. The van der Waals surface area contributed by atoms with E-state index in [0.717, 1.165) is 35.0 Å². The Morgan fingerprint density at radius 1 is 1.50 bits per heavy atom. The van der Waals surface area contributed by atoms with E-state index in [2.05, 4.69) is 15.8 Å². The molecule has 0 saturated heterocycles. The number of aromatic nitrogens is 1. The van der Waals surface area contributed by atoms with Crippen molar-refractivity contribution in [1.29, 1.82) is 0 Å². The third-order valence-electron chi connectivity index (χ3n) is 3.30. The summed E-state index contributed by atoms with van der Waals surface area (Å²) in [6, 6.07) is 6.19. The van der Waals surface area contributed by atoms with Crippen LogP contribution in [0.4, 0.5) is 0 Å². The third kappa shape index (κ3) is 2.67. The first-order chi connectivity index (χ1) is 9.76. The van der Waals surface area contributed by atoms with Crippen molar-refractivity contribution in [3.63, 3.8) is 0 Å². The van der Waals surface area contributed by atoms with Crippen LogP contribution in [0.5, 0.6) is 5.75 Å². The SMILES string of the molecule is COC(=O)CCc1csc(-c2ccc3c(c2)CCO3)n1. The Morgan fingerprint density at radius 2 is 2.40 bits per heavy atom. The van der Waals surface area contributed by atoms with Crippen molar-refractivity contribution < 1.29 is 14.3 Å². The molecule has 1 aliphatic rings. The minimum Gasteiger partial charge on any atom is -0.493 e. The number of rotatable bonds is 4. The fourth-order valence-corrected chi connectivity index (χ4v) is 3.06. The van der Waals surface area contributed by atoms with Gasteiger partial charge in [-0.05, 0) is 23.8 Å². The predicted octanol–water partition coefficient (Wildman–Crippen LogP) is 2.85. The van der Waals surface area contributed by atoms with Crippen LogP contribution in [-0.4, -0.2) is 24.7 Å². The monoisotopic (exact) mass is 289 g/mol. The number of esters is 1. The Bertz CT molecular complexity index is 636. The molecule has 20 heavy (non-hydrogen) atoms. The minimum absolute atomic E-state index is 0.200. The van der Waals surface area contributed by atoms with Gasteiger partial charge in [0.25, 0.3) is 0 Å². The summed E-state index contributed by atoms with van der Waals surface area (Å²) in [5.41, 5.74) is 3.30. The molecule has 104 valence electrons. The highest BCUT2D eigenvalue weighted by molar-refractivity contribution is 7.13. The number of hydrogen-bond acceptors (Lipinski definition) is 5. The summed E-state index contributed by atoms with van der Waals surface area (Å²) in [6.07, 6.45) is 1.96. The number of thiazole rings is 1. The molecule has 0 spiro atoms. The fourth-order valence-electron chi connectivity index (χ4n) is 2.21. The van der Waals surface area contributed by atoms with Crippen molar-refractivity contribution >= 4 is 17.3 Å². The molecule has 3 rings (SSSR count). The second kappa shape index (κ2) is 5.63. The molecule has 0 amide bonds. The summed E-state index contributed by atoms with van der Waals surface area (Å²) in [7, 11) is 1.40. The molecule has 1 aliphatic heterocycles. The van der Waals surface area contributed by atoms with Gasteiger partial charge in [0, 0.05) is 23.8 Å². The summed E-state index contributed by atoms with van der Waals surface area (Å²) < 4.78 is 10.1. The number of hydrogen-bond donors (Lipinski definition) is 0. The molecule has 0 radical (unpaired) electrons. The molecule has 0 aliphatic carbocycles. The van der Waals surface area contributed by atoms with E-state index in [1.807, 2.05) is 17.5 Å². The number of ether oxygens (including phenoxy) is 2. The van der Waals surface area contributed by atoms with Crippen molar-refractivity contribution in [2.45, 2.75) is 19.3 Å². The topological polar surface area (TPSA) is 48.4 Å². The van der Waals surface area contributed by atoms with Gasteiger partial charge in [0.1, 0.15) is 10.8 Å². The van der Waals surface area contributed by atoms with E-state index >= 15 is 0 Å². The highest BCUT2D eigenvalue weighted by Gasteiger charge is 2.14. The third-order valence-corrected chi connectivity index (χ3v) is 4.24. The maximum atomic E-state index is 11.1. The Morgan fingerprint density at radius 3 is 3.25 bits per heavy atom. The van der Waals surface area contributed by atoms with Crippen LogP contribution in [0.15, 0.2) is 23.6 Å². The molecule has 1 aromatic heterocycles. The number of carbonyl (C=O) groups excluding carboxylic acids is 1. The molecule has 2 heterocycles. The molecule has 1 aromatic carbocycles. The van der Waals surface area contributed by atoms with Crippen molar-refractivity contribution in [3.8, 4) is 16.3 Å². The van der Waals surface area contributed by atoms with Gasteiger partial charge in [-0.1, -0.05) is 0 Å². The van der Waals surface area contributed by atoms with Gasteiger partial charge in [-0.3, -0.25) is 4.79 Å². The van der Waals surface area contributed by atoms with Crippen LogP contribution in [0.3, 0.4) is 0 Å². The van der Waals surface area contributed by atoms with Crippen LogP contribution in [0.25, 0.3) is 10.6 Å². The van der Waals surface area contributed by atoms with E-state index in [-0.39, 0.29) is 5.97 Å². The van der Waals surface area contributed by atoms with Crippen molar-refractivity contribution in [2.24, 2.45) is 0 Å². The Kier molecular flexibility index (Phi) is 3.69. The normalized spacial score (nSPS) is 12.8. The van der Waals surface area contributed by atoms with E-state index in [1.165, 1.54) is 12.7 Å². The van der Waals surface area contributed by atoms with E-state index in [4.69, 9.17) is 4.74 Å². The number of carbonyl (C=O) groups is 1. The van der Waals surface area contributed by atoms with Crippen LogP contribution < -0.4 is 4.74 Å². The van der Waals surface area contributed by atoms with E-state index < -0.39 is 0 Å². The lowest BCUT2D eigenvalue weighted by atomic mass is 10.1. The van der Waals surface area contributed by atoms with Gasteiger partial charge in [0.05, 0.1) is 25.8 Å². The van der Waals surface area contributed by atoms with E-state index in [0.29, 0.717) is 12.8 Å². The van der Waals surface area contributed by atoms with Crippen LogP contribution in [0.1, 0.15) is 17.7 Å². The van der Waals surface area contributed by atoms with Gasteiger partial charge in [0.15, 0.2) is 0 Å². The van der Waals surface area contributed by atoms with Crippen molar-refractivity contribution in [1.82, 2.24) is 4.98 Å². The van der Waals surface area contributed by atoms with Gasteiger partial charge in [-0.2, -0.15) is 0 Å². The van der Waals surface area contributed by atoms with Gasteiger partial charge >= 0.3 is 5.97 Å². The molecule has 0 saturated carbocycles. The van der Waals surface area contributed by atoms with Gasteiger partial charge in [-0.15, -0.1) is 11.3 Å². The molecule has 0 bridgehead atoms.